The predicted molar refractivity (Wildman–Crippen MR) is 152 cm³/mol. The molecule has 2 aromatic rings. The van der Waals surface area contributed by atoms with Crippen LogP contribution in [0.25, 0.3) is 5.57 Å². The first-order valence-electron chi connectivity index (χ1n) is 15.7. The fourth-order valence-corrected chi connectivity index (χ4v) is 7.85. The monoisotopic (exact) mass is 558 g/mol. The van der Waals surface area contributed by atoms with Crippen molar-refractivity contribution in [3.05, 3.63) is 76.1 Å². The quantitative estimate of drug-likeness (QED) is 0.172. The number of hydrogen-bond donors (Lipinski definition) is 0. The lowest BCUT2D eigenvalue weighted by molar-refractivity contribution is 0.220. The summed E-state index contributed by atoms with van der Waals surface area (Å²) in [4.78, 5) is 0. The third kappa shape index (κ3) is 6.65. The lowest BCUT2D eigenvalue weighted by Gasteiger charge is -2.36. The van der Waals surface area contributed by atoms with Crippen LogP contribution in [-0.4, -0.2) is 0 Å². The molecule has 1 unspecified atom stereocenters. The van der Waals surface area contributed by atoms with E-state index in [1.165, 1.54) is 25.7 Å². The summed E-state index contributed by atoms with van der Waals surface area (Å²) in [6, 6.07) is 5.45. The van der Waals surface area contributed by atoms with Crippen molar-refractivity contribution in [2.45, 2.75) is 115 Å². The van der Waals surface area contributed by atoms with E-state index in [0.29, 0.717) is 23.8 Å². The van der Waals surface area contributed by atoms with Crippen molar-refractivity contribution < 1.29 is 22.0 Å². The molecular weight excluding hydrogens is 515 g/mol. The molecule has 0 radical (unpaired) electrons. The normalized spacial score (nSPS) is 27.4. The Bertz CT molecular complexity index is 1140. The van der Waals surface area contributed by atoms with E-state index < -0.39 is 29.1 Å². The Morgan fingerprint density at radius 1 is 0.625 bits per heavy atom. The first kappa shape index (κ1) is 29.3. The van der Waals surface area contributed by atoms with Crippen molar-refractivity contribution in [3.8, 4) is 0 Å². The summed E-state index contributed by atoms with van der Waals surface area (Å²) in [7, 11) is 0. The topological polar surface area (TPSA) is 0 Å². The van der Waals surface area contributed by atoms with Crippen LogP contribution in [0.15, 0.2) is 30.3 Å². The standard InChI is InChI=1S/C35H43F5/c1-2-3-4-5-22-6-8-25(9-7-22)28-18-30(36)34(31(37)19-28)27-16-14-24(15-17-27)23-10-12-26(13-11-23)29-20-32(38)35(40)33(39)21-29/h16,18-26H,2-15,17H2,1H3. The molecule has 1 atom stereocenters. The molecule has 0 bridgehead atoms. The maximum atomic E-state index is 15.3. The Kier molecular flexibility index (Phi) is 9.68. The third-order valence-electron chi connectivity index (χ3n) is 10.3. The first-order valence-corrected chi connectivity index (χ1v) is 15.7. The number of allylic oxidation sites excluding steroid dienone is 2. The molecule has 0 N–H and O–H groups in total. The zero-order chi connectivity index (χ0) is 28.2. The van der Waals surface area contributed by atoms with Gasteiger partial charge in [-0.2, -0.15) is 0 Å². The maximum absolute atomic E-state index is 15.3. The summed E-state index contributed by atoms with van der Waals surface area (Å²) in [6.45, 7) is 2.23. The van der Waals surface area contributed by atoms with Gasteiger partial charge in [0.05, 0.1) is 0 Å². The van der Waals surface area contributed by atoms with E-state index >= 15 is 8.78 Å². The van der Waals surface area contributed by atoms with Gasteiger partial charge in [0, 0.05) is 5.56 Å². The Morgan fingerprint density at radius 2 is 1.18 bits per heavy atom. The van der Waals surface area contributed by atoms with E-state index in [-0.39, 0.29) is 17.4 Å². The smallest absolute Gasteiger partial charge is 0.194 e. The molecule has 5 heteroatoms. The van der Waals surface area contributed by atoms with Crippen LogP contribution in [0.3, 0.4) is 0 Å². The van der Waals surface area contributed by atoms with Gasteiger partial charge in [0.2, 0.25) is 0 Å². The highest BCUT2D eigenvalue weighted by atomic mass is 19.2. The largest absolute Gasteiger partial charge is 0.206 e. The molecule has 0 heterocycles. The van der Waals surface area contributed by atoms with Gasteiger partial charge < -0.3 is 0 Å². The second kappa shape index (κ2) is 13.2. The Hall–Kier alpha value is -2.17. The maximum Gasteiger partial charge on any atom is 0.194 e. The fraction of sp³-hybridized carbons (Fsp3) is 0.600. The second-order valence-corrected chi connectivity index (χ2v) is 12.7. The summed E-state index contributed by atoms with van der Waals surface area (Å²) in [5.41, 5.74) is 2.29. The van der Waals surface area contributed by atoms with Gasteiger partial charge in [-0.05, 0) is 141 Å². The zero-order valence-electron chi connectivity index (χ0n) is 23.8. The summed E-state index contributed by atoms with van der Waals surface area (Å²) < 4.78 is 71.4. The molecule has 5 rings (SSSR count). The van der Waals surface area contributed by atoms with Crippen molar-refractivity contribution in [1.29, 1.82) is 0 Å². The van der Waals surface area contributed by atoms with E-state index in [9.17, 15) is 13.2 Å². The molecule has 0 nitrogen and oxygen atoms in total. The lowest BCUT2D eigenvalue weighted by atomic mass is 9.70. The third-order valence-corrected chi connectivity index (χ3v) is 10.3. The summed E-state index contributed by atoms with van der Waals surface area (Å²) in [5.74, 6) is -2.53. The van der Waals surface area contributed by atoms with E-state index in [2.05, 4.69) is 6.92 Å². The van der Waals surface area contributed by atoms with Crippen LogP contribution in [-0.2, 0) is 0 Å². The van der Waals surface area contributed by atoms with Gasteiger partial charge in [0.15, 0.2) is 17.5 Å². The van der Waals surface area contributed by atoms with Crippen molar-refractivity contribution in [2.24, 2.45) is 17.8 Å². The molecule has 2 saturated carbocycles. The number of halogens is 5. The van der Waals surface area contributed by atoms with Crippen LogP contribution in [0.5, 0.6) is 0 Å². The van der Waals surface area contributed by atoms with E-state index in [1.807, 2.05) is 6.08 Å². The van der Waals surface area contributed by atoms with Crippen LogP contribution in [0.1, 0.15) is 132 Å². The second-order valence-electron chi connectivity index (χ2n) is 12.7. The molecule has 218 valence electrons. The zero-order valence-corrected chi connectivity index (χ0v) is 23.8. The molecule has 0 aromatic heterocycles. The number of rotatable bonds is 8. The highest BCUT2D eigenvalue weighted by molar-refractivity contribution is 5.67. The van der Waals surface area contributed by atoms with E-state index in [4.69, 9.17) is 0 Å². The van der Waals surface area contributed by atoms with Crippen LogP contribution < -0.4 is 0 Å². The average molecular weight is 559 g/mol. The molecule has 3 aliphatic rings. The molecule has 0 saturated heterocycles. The lowest BCUT2D eigenvalue weighted by Crippen LogP contribution is -2.23. The van der Waals surface area contributed by atoms with Crippen molar-refractivity contribution in [1.82, 2.24) is 0 Å². The Labute approximate surface area is 236 Å². The van der Waals surface area contributed by atoms with Crippen LogP contribution in [0.4, 0.5) is 22.0 Å². The molecule has 2 fully saturated rings. The minimum Gasteiger partial charge on any atom is -0.206 e. The summed E-state index contributed by atoms with van der Waals surface area (Å²) >= 11 is 0. The summed E-state index contributed by atoms with van der Waals surface area (Å²) in [6.07, 6.45) is 17.4. The van der Waals surface area contributed by atoms with Crippen LogP contribution in [0, 0.1) is 46.8 Å². The predicted octanol–water partition coefficient (Wildman–Crippen LogP) is 11.4. The molecule has 0 spiro atoms. The van der Waals surface area contributed by atoms with Gasteiger partial charge in [-0.3, -0.25) is 0 Å². The molecule has 3 aliphatic carbocycles. The highest BCUT2D eigenvalue weighted by Gasteiger charge is 2.31. The van der Waals surface area contributed by atoms with Gasteiger partial charge >= 0.3 is 0 Å². The minimum absolute atomic E-state index is 0.0355. The molecule has 0 aliphatic heterocycles. The van der Waals surface area contributed by atoms with E-state index in [0.717, 1.165) is 93.4 Å². The van der Waals surface area contributed by atoms with Crippen molar-refractivity contribution in [2.75, 3.05) is 0 Å². The number of unbranched alkanes of at least 4 members (excludes halogenated alkanes) is 2. The van der Waals surface area contributed by atoms with E-state index in [1.54, 1.807) is 12.1 Å². The minimum atomic E-state index is -1.41. The van der Waals surface area contributed by atoms with Gasteiger partial charge in [0.1, 0.15) is 11.6 Å². The number of benzene rings is 2. The Balaban J connectivity index is 1.16. The van der Waals surface area contributed by atoms with Crippen molar-refractivity contribution in [3.63, 3.8) is 0 Å². The molecule has 0 amide bonds. The van der Waals surface area contributed by atoms with Crippen LogP contribution in [0.2, 0.25) is 0 Å². The average Bonchev–Trinajstić information content (AvgIpc) is 2.96. The van der Waals surface area contributed by atoms with Gasteiger partial charge in [-0.25, -0.2) is 22.0 Å². The van der Waals surface area contributed by atoms with Gasteiger partial charge in [-0.1, -0.05) is 38.7 Å². The van der Waals surface area contributed by atoms with Gasteiger partial charge in [0.25, 0.3) is 0 Å². The Morgan fingerprint density at radius 3 is 1.70 bits per heavy atom. The van der Waals surface area contributed by atoms with Crippen molar-refractivity contribution >= 4 is 5.57 Å². The SMILES string of the molecule is CCCCCC1CCC(c2cc(F)c(C3=CCC(C4CCC(c5cc(F)c(F)c(F)c5)CC4)CC3)c(F)c2)CC1. The number of hydrogen-bond acceptors (Lipinski definition) is 0. The van der Waals surface area contributed by atoms with Gasteiger partial charge in [-0.15, -0.1) is 0 Å². The summed E-state index contributed by atoms with van der Waals surface area (Å²) in [5, 5.41) is 0. The highest BCUT2D eigenvalue weighted by Crippen LogP contribution is 2.45. The molecular formula is C35H43F5. The van der Waals surface area contributed by atoms with Crippen LogP contribution >= 0.6 is 0 Å². The first-order chi connectivity index (χ1) is 19.3. The fourth-order valence-electron chi connectivity index (χ4n) is 7.85. The molecule has 40 heavy (non-hydrogen) atoms. The molecule has 2 aromatic carbocycles.